The number of carbonyl (C=O) groups excluding carboxylic acids is 1. The number of rotatable bonds is 6. The molecule has 1 N–H and O–H groups in total. The van der Waals surface area contributed by atoms with Gasteiger partial charge in [0, 0.05) is 51.1 Å². The lowest BCUT2D eigenvalue weighted by Crippen LogP contribution is -2.32. The van der Waals surface area contributed by atoms with Crippen molar-refractivity contribution in [2.75, 3.05) is 27.2 Å². The number of benzene rings is 1. The lowest BCUT2D eigenvalue weighted by molar-refractivity contribution is -0.384. The van der Waals surface area contributed by atoms with Gasteiger partial charge in [0.2, 0.25) is 0 Å². The summed E-state index contributed by atoms with van der Waals surface area (Å²) >= 11 is 0. The van der Waals surface area contributed by atoms with E-state index in [1.165, 1.54) is 12.1 Å². The number of carbonyl (C=O) groups is 1. The van der Waals surface area contributed by atoms with E-state index in [1.807, 2.05) is 7.05 Å². The van der Waals surface area contributed by atoms with Crippen LogP contribution in [0.2, 0.25) is 0 Å². The third-order valence-corrected chi connectivity index (χ3v) is 3.45. The SMILES string of the molecule is CNCCN(C)C(=O)c1cn(C)nc1-c1ccc([N+](=O)[O-])cc1. The molecule has 0 saturated heterocycles. The first-order chi connectivity index (χ1) is 10.9. The maximum absolute atomic E-state index is 12.6. The first-order valence-corrected chi connectivity index (χ1v) is 7.12. The van der Waals surface area contributed by atoms with Gasteiger partial charge in [-0.2, -0.15) is 5.10 Å². The van der Waals surface area contributed by atoms with Crippen LogP contribution in [0.5, 0.6) is 0 Å². The average Bonchev–Trinajstić information content (AvgIpc) is 2.93. The summed E-state index contributed by atoms with van der Waals surface area (Å²) in [6.07, 6.45) is 1.66. The molecule has 122 valence electrons. The van der Waals surface area contributed by atoms with Gasteiger partial charge in [0.15, 0.2) is 0 Å². The second-order valence-corrected chi connectivity index (χ2v) is 5.20. The first kappa shape index (κ1) is 16.6. The molecule has 0 fully saturated rings. The number of nitro benzene ring substituents is 1. The fourth-order valence-electron chi connectivity index (χ4n) is 2.19. The van der Waals surface area contributed by atoms with Crippen molar-refractivity contribution < 1.29 is 9.72 Å². The van der Waals surface area contributed by atoms with Gasteiger partial charge in [0.25, 0.3) is 11.6 Å². The van der Waals surface area contributed by atoms with Gasteiger partial charge in [-0.25, -0.2) is 0 Å². The summed E-state index contributed by atoms with van der Waals surface area (Å²) in [5.74, 6) is -0.137. The van der Waals surface area contributed by atoms with E-state index in [0.717, 1.165) is 0 Å². The van der Waals surface area contributed by atoms with Crippen LogP contribution in [0.3, 0.4) is 0 Å². The molecule has 0 bridgehead atoms. The molecule has 8 nitrogen and oxygen atoms in total. The smallest absolute Gasteiger partial charge is 0.269 e. The van der Waals surface area contributed by atoms with Crippen LogP contribution in [0.1, 0.15) is 10.4 Å². The van der Waals surface area contributed by atoms with E-state index in [-0.39, 0.29) is 11.6 Å². The van der Waals surface area contributed by atoms with E-state index in [4.69, 9.17) is 0 Å². The molecular weight excluding hydrogens is 298 g/mol. The van der Waals surface area contributed by atoms with Crippen molar-refractivity contribution in [2.24, 2.45) is 7.05 Å². The number of nitro groups is 1. The normalized spacial score (nSPS) is 10.6. The first-order valence-electron chi connectivity index (χ1n) is 7.12. The summed E-state index contributed by atoms with van der Waals surface area (Å²) in [7, 11) is 5.29. The van der Waals surface area contributed by atoms with Crippen molar-refractivity contribution in [2.45, 2.75) is 0 Å². The van der Waals surface area contributed by atoms with Crippen LogP contribution in [-0.4, -0.2) is 52.7 Å². The summed E-state index contributed by atoms with van der Waals surface area (Å²) < 4.78 is 1.57. The maximum Gasteiger partial charge on any atom is 0.269 e. The topological polar surface area (TPSA) is 93.3 Å². The molecule has 2 aromatic rings. The van der Waals surface area contributed by atoms with Crippen LogP contribution < -0.4 is 5.32 Å². The van der Waals surface area contributed by atoms with E-state index >= 15 is 0 Å². The Labute approximate surface area is 133 Å². The Kier molecular flexibility index (Phi) is 5.07. The Morgan fingerprint density at radius 1 is 1.39 bits per heavy atom. The predicted octanol–water partition coefficient (Wildman–Crippen LogP) is 1.29. The third kappa shape index (κ3) is 3.72. The molecule has 1 aromatic heterocycles. The lowest BCUT2D eigenvalue weighted by Gasteiger charge is -2.16. The zero-order valence-corrected chi connectivity index (χ0v) is 13.3. The maximum atomic E-state index is 12.6. The number of nitrogens with zero attached hydrogens (tertiary/aromatic N) is 4. The molecule has 2 rings (SSSR count). The largest absolute Gasteiger partial charge is 0.340 e. The quantitative estimate of drug-likeness (QED) is 0.640. The standard InChI is InChI=1S/C15H19N5O3/c1-16-8-9-18(2)15(21)13-10-19(3)17-14(13)11-4-6-12(7-5-11)20(22)23/h4-7,10,16H,8-9H2,1-3H3. The highest BCUT2D eigenvalue weighted by Gasteiger charge is 2.20. The van der Waals surface area contributed by atoms with Crippen molar-refractivity contribution in [3.63, 3.8) is 0 Å². The van der Waals surface area contributed by atoms with E-state index in [2.05, 4.69) is 10.4 Å². The van der Waals surface area contributed by atoms with Crippen LogP contribution in [0.15, 0.2) is 30.5 Å². The van der Waals surface area contributed by atoms with E-state index in [0.29, 0.717) is 29.9 Å². The van der Waals surface area contributed by atoms with E-state index in [1.54, 1.807) is 42.0 Å². The van der Waals surface area contributed by atoms with E-state index < -0.39 is 4.92 Å². The number of aryl methyl sites for hydroxylation is 1. The summed E-state index contributed by atoms with van der Waals surface area (Å²) in [6, 6.07) is 6.02. The summed E-state index contributed by atoms with van der Waals surface area (Å²) in [6.45, 7) is 1.26. The molecule has 0 aliphatic heterocycles. The van der Waals surface area contributed by atoms with Crippen molar-refractivity contribution >= 4 is 11.6 Å². The Balaban J connectivity index is 2.33. The van der Waals surface area contributed by atoms with E-state index in [9.17, 15) is 14.9 Å². The molecule has 1 aromatic carbocycles. The minimum absolute atomic E-state index is 0.00342. The molecule has 23 heavy (non-hydrogen) atoms. The number of hydrogen-bond donors (Lipinski definition) is 1. The van der Waals surface area contributed by atoms with Crippen molar-refractivity contribution in [3.05, 3.63) is 46.1 Å². The van der Waals surface area contributed by atoms with Crippen LogP contribution in [0.4, 0.5) is 5.69 Å². The predicted molar refractivity (Wildman–Crippen MR) is 86.2 cm³/mol. The highest BCUT2D eigenvalue weighted by molar-refractivity contribution is 5.99. The Hall–Kier alpha value is -2.74. The molecule has 1 heterocycles. The van der Waals surface area contributed by atoms with Gasteiger partial charge in [0.05, 0.1) is 10.5 Å². The number of aromatic nitrogens is 2. The average molecular weight is 317 g/mol. The Morgan fingerprint density at radius 2 is 2.04 bits per heavy atom. The molecule has 0 unspecified atom stereocenters. The fourth-order valence-corrected chi connectivity index (χ4v) is 2.19. The molecule has 0 aliphatic carbocycles. The second-order valence-electron chi connectivity index (χ2n) is 5.20. The molecule has 0 spiro atoms. The Bertz CT molecular complexity index is 708. The zero-order valence-electron chi connectivity index (χ0n) is 13.3. The van der Waals surface area contributed by atoms with Gasteiger partial charge < -0.3 is 10.2 Å². The number of likely N-dealkylation sites (N-methyl/N-ethyl adjacent to an activating group) is 2. The van der Waals surface area contributed by atoms with Crippen molar-refractivity contribution in [1.29, 1.82) is 0 Å². The van der Waals surface area contributed by atoms with Crippen LogP contribution in [-0.2, 0) is 7.05 Å². The highest BCUT2D eigenvalue weighted by atomic mass is 16.6. The lowest BCUT2D eigenvalue weighted by atomic mass is 10.1. The van der Waals surface area contributed by atoms with Crippen molar-refractivity contribution in [1.82, 2.24) is 20.0 Å². The number of amides is 1. The summed E-state index contributed by atoms with van der Waals surface area (Å²) in [5, 5.41) is 18.1. The monoisotopic (exact) mass is 317 g/mol. The number of nitrogens with one attached hydrogen (secondary N) is 1. The van der Waals surface area contributed by atoms with Gasteiger partial charge >= 0.3 is 0 Å². The molecular formula is C15H19N5O3. The van der Waals surface area contributed by atoms with Gasteiger partial charge in [-0.15, -0.1) is 0 Å². The molecule has 0 atom stereocenters. The minimum atomic E-state index is -0.459. The second kappa shape index (κ2) is 7.01. The number of hydrogen-bond acceptors (Lipinski definition) is 5. The minimum Gasteiger partial charge on any atom is -0.340 e. The van der Waals surface area contributed by atoms with Crippen LogP contribution >= 0.6 is 0 Å². The zero-order chi connectivity index (χ0) is 17.0. The molecule has 0 aliphatic rings. The van der Waals surface area contributed by atoms with Crippen LogP contribution in [0.25, 0.3) is 11.3 Å². The van der Waals surface area contributed by atoms with Crippen LogP contribution in [0, 0.1) is 10.1 Å². The van der Waals surface area contributed by atoms with Gasteiger partial charge in [-0.05, 0) is 19.2 Å². The van der Waals surface area contributed by atoms with Gasteiger partial charge in [-0.3, -0.25) is 19.6 Å². The summed E-state index contributed by atoms with van der Waals surface area (Å²) in [5.41, 5.74) is 1.66. The number of non-ortho nitro benzene ring substituents is 1. The molecule has 1 amide bonds. The highest BCUT2D eigenvalue weighted by Crippen LogP contribution is 2.25. The molecule has 0 saturated carbocycles. The third-order valence-electron chi connectivity index (χ3n) is 3.45. The molecule has 8 heteroatoms. The summed E-state index contributed by atoms with van der Waals surface area (Å²) in [4.78, 5) is 24.5. The van der Waals surface area contributed by atoms with Gasteiger partial charge in [0.1, 0.15) is 5.69 Å². The Morgan fingerprint density at radius 3 is 2.61 bits per heavy atom. The van der Waals surface area contributed by atoms with Crippen molar-refractivity contribution in [3.8, 4) is 11.3 Å². The fraction of sp³-hybridized carbons (Fsp3) is 0.333. The van der Waals surface area contributed by atoms with Gasteiger partial charge in [-0.1, -0.05) is 0 Å². The molecule has 0 radical (unpaired) electrons.